The Morgan fingerprint density at radius 2 is 1.73 bits per heavy atom. The number of para-hydroxylation sites is 2. The molecular formula is C32H31ClN2O5. The van der Waals surface area contributed by atoms with Crippen molar-refractivity contribution in [3.05, 3.63) is 95.1 Å². The number of carboxylic acids is 1. The van der Waals surface area contributed by atoms with Gasteiger partial charge in [0.1, 0.15) is 17.5 Å². The van der Waals surface area contributed by atoms with Gasteiger partial charge in [0.25, 0.3) is 5.91 Å². The van der Waals surface area contributed by atoms with Crippen molar-refractivity contribution in [2.75, 3.05) is 0 Å². The Kier molecular flexibility index (Phi) is 8.51. The number of hydrogen-bond donors (Lipinski definition) is 2. The number of ether oxygens (including phenoxy) is 1. The summed E-state index contributed by atoms with van der Waals surface area (Å²) >= 11 is 6.26. The zero-order valence-electron chi connectivity index (χ0n) is 22.0. The molecule has 0 saturated heterocycles. The Hall–Kier alpha value is -4.10. The first-order valence-corrected chi connectivity index (χ1v) is 13.9. The average Bonchev–Trinajstić information content (AvgIpc) is 3.60. The van der Waals surface area contributed by atoms with Crippen molar-refractivity contribution in [1.82, 2.24) is 9.88 Å². The molecular weight excluding hydrogens is 528 g/mol. The van der Waals surface area contributed by atoms with Gasteiger partial charge in [-0.25, -0.2) is 4.79 Å². The topological polar surface area (TPSA) is 97.6 Å². The molecule has 1 aromatic heterocycles. The van der Waals surface area contributed by atoms with E-state index in [2.05, 4.69) is 5.32 Å². The van der Waals surface area contributed by atoms with E-state index in [9.17, 15) is 19.5 Å². The standard InChI is InChI=1S/C32H31ClN2O5/c33-23-15-16-25-22(20-35(28(25)19-23)30(36)17-14-21-8-4-5-9-21)18-27(32(38)39)34-31(37)26-12-6-7-13-29(26)40-24-10-2-1-3-11-24/h1-3,6-7,10-13,15-16,19-21,27H,4-5,8-9,14,17-18H2,(H,34,37)(H,38,39)/t27-/m0/s1. The minimum atomic E-state index is -1.24. The Labute approximate surface area is 237 Å². The molecule has 1 aliphatic rings. The number of hydrogen-bond acceptors (Lipinski definition) is 4. The van der Waals surface area contributed by atoms with Gasteiger partial charge in [0.15, 0.2) is 0 Å². The van der Waals surface area contributed by atoms with E-state index in [1.165, 1.54) is 12.8 Å². The highest BCUT2D eigenvalue weighted by molar-refractivity contribution is 6.31. The Bertz CT molecular complexity index is 1530. The molecule has 4 aromatic rings. The van der Waals surface area contributed by atoms with E-state index in [4.69, 9.17) is 16.3 Å². The van der Waals surface area contributed by atoms with Crippen LogP contribution in [0.5, 0.6) is 11.5 Å². The number of rotatable bonds is 10. The molecule has 1 amide bonds. The third-order valence-corrected chi connectivity index (χ3v) is 7.73. The number of fused-ring (bicyclic) bond motifs is 1. The molecule has 0 bridgehead atoms. The third kappa shape index (κ3) is 6.37. The van der Waals surface area contributed by atoms with Crippen molar-refractivity contribution in [2.24, 2.45) is 5.92 Å². The van der Waals surface area contributed by atoms with Gasteiger partial charge >= 0.3 is 5.97 Å². The molecule has 3 aromatic carbocycles. The fourth-order valence-corrected chi connectivity index (χ4v) is 5.57. The number of amides is 1. The van der Waals surface area contributed by atoms with Gasteiger partial charge in [0, 0.05) is 29.4 Å². The van der Waals surface area contributed by atoms with Gasteiger partial charge in [-0.1, -0.05) is 73.7 Å². The molecule has 1 atom stereocenters. The summed E-state index contributed by atoms with van der Waals surface area (Å²) < 4.78 is 7.47. The van der Waals surface area contributed by atoms with Crippen molar-refractivity contribution in [3.63, 3.8) is 0 Å². The van der Waals surface area contributed by atoms with Crippen molar-refractivity contribution in [1.29, 1.82) is 0 Å². The normalized spacial score (nSPS) is 14.2. The van der Waals surface area contributed by atoms with Gasteiger partial charge in [-0.15, -0.1) is 0 Å². The zero-order chi connectivity index (χ0) is 28.1. The summed E-state index contributed by atoms with van der Waals surface area (Å²) in [6.45, 7) is 0. The lowest BCUT2D eigenvalue weighted by Gasteiger charge is -2.16. The van der Waals surface area contributed by atoms with Crippen molar-refractivity contribution in [2.45, 2.75) is 51.0 Å². The second-order valence-corrected chi connectivity index (χ2v) is 10.7. The molecule has 1 heterocycles. The van der Waals surface area contributed by atoms with E-state index in [-0.39, 0.29) is 17.9 Å². The molecule has 0 radical (unpaired) electrons. The summed E-state index contributed by atoms with van der Waals surface area (Å²) in [7, 11) is 0. The second-order valence-electron chi connectivity index (χ2n) is 10.2. The van der Waals surface area contributed by atoms with Crippen LogP contribution in [0.15, 0.2) is 79.0 Å². The zero-order valence-corrected chi connectivity index (χ0v) is 22.8. The highest BCUT2D eigenvalue weighted by Crippen LogP contribution is 2.31. The van der Waals surface area contributed by atoms with Crippen molar-refractivity contribution < 1.29 is 24.2 Å². The molecule has 7 nitrogen and oxygen atoms in total. The summed E-state index contributed by atoms with van der Waals surface area (Å²) in [6, 6.07) is 19.7. The number of carbonyl (C=O) groups is 3. The van der Waals surface area contributed by atoms with Gasteiger partial charge in [0.2, 0.25) is 5.91 Å². The first kappa shape index (κ1) is 27.5. The molecule has 0 unspecified atom stereocenters. The van der Waals surface area contributed by atoms with Gasteiger partial charge in [0.05, 0.1) is 11.1 Å². The number of benzene rings is 3. The lowest BCUT2D eigenvalue weighted by atomic mass is 10.0. The summed E-state index contributed by atoms with van der Waals surface area (Å²) in [5, 5.41) is 13.9. The monoisotopic (exact) mass is 558 g/mol. The summed E-state index contributed by atoms with van der Waals surface area (Å²) in [5.74, 6) is -0.353. The molecule has 1 fully saturated rings. The summed E-state index contributed by atoms with van der Waals surface area (Å²) in [5.41, 5.74) is 1.49. The third-order valence-electron chi connectivity index (χ3n) is 7.49. The maximum atomic E-state index is 13.3. The molecule has 206 valence electrons. The fraction of sp³-hybridized carbons (Fsp3) is 0.281. The highest BCUT2D eigenvalue weighted by Gasteiger charge is 2.26. The Balaban J connectivity index is 1.37. The van der Waals surface area contributed by atoms with Crippen LogP contribution in [0.3, 0.4) is 0 Å². The molecule has 1 saturated carbocycles. The second kappa shape index (κ2) is 12.4. The first-order chi connectivity index (χ1) is 19.4. The van der Waals surface area contributed by atoms with Gasteiger partial charge in [-0.05, 0) is 54.3 Å². The average molecular weight is 559 g/mol. The van der Waals surface area contributed by atoms with E-state index in [1.807, 2.05) is 18.2 Å². The predicted molar refractivity (Wildman–Crippen MR) is 154 cm³/mol. The lowest BCUT2D eigenvalue weighted by Crippen LogP contribution is -2.42. The number of nitrogens with one attached hydrogen (secondary N) is 1. The van der Waals surface area contributed by atoms with Crippen LogP contribution in [-0.4, -0.2) is 33.5 Å². The fourth-order valence-electron chi connectivity index (χ4n) is 5.40. The van der Waals surface area contributed by atoms with Crippen LogP contribution < -0.4 is 10.1 Å². The molecule has 0 aliphatic heterocycles. The van der Waals surface area contributed by atoms with Crippen LogP contribution in [0.2, 0.25) is 5.02 Å². The van der Waals surface area contributed by atoms with Gasteiger partial charge in [-0.3, -0.25) is 14.2 Å². The van der Waals surface area contributed by atoms with Crippen LogP contribution in [-0.2, 0) is 11.2 Å². The largest absolute Gasteiger partial charge is 0.480 e. The summed E-state index contributed by atoms with van der Waals surface area (Å²) in [4.78, 5) is 38.8. The number of halogens is 1. The highest BCUT2D eigenvalue weighted by atomic mass is 35.5. The quantitative estimate of drug-likeness (QED) is 0.216. The van der Waals surface area contributed by atoms with Crippen LogP contribution in [0.25, 0.3) is 10.9 Å². The van der Waals surface area contributed by atoms with Crippen molar-refractivity contribution in [3.8, 4) is 11.5 Å². The lowest BCUT2D eigenvalue weighted by molar-refractivity contribution is -0.139. The molecule has 8 heteroatoms. The predicted octanol–water partition coefficient (Wildman–Crippen LogP) is 7.12. The molecule has 0 spiro atoms. The number of nitrogens with zero attached hydrogens (tertiary/aromatic N) is 1. The van der Waals surface area contributed by atoms with Crippen LogP contribution >= 0.6 is 11.6 Å². The number of carboxylic acid groups (broad SMARTS) is 1. The minimum absolute atomic E-state index is 0.0101. The summed E-state index contributed by atoms with van der Waals surface area (Å²) in [6.07, 6.45) is 7.69. The van der Waals surface area contributed by atoms with Crippen LogP contribution in [0.4, 0.5) is 0 Å². The molecule has 5 rings (SSSR count). The van der Waals surface area contributed by atoms with Crippen LogP contribution in [0.1, 0.15) is 59.2 Å². The number of carbonyl (C=O) groups excluding carboxylic acids is 2. The molecule has 40 heavy (non-hydrogen) atoms. The smallest absolute Gasteiger partial charge is 0.326 e. The Morgan fingerprint density at radius 3 is 2.48 bits per heavy atom. The maximum Gasteiger partial charge on any atom is 0.326 e. The molecule has 1 aliphatic carbocycles. The van der Waals surface area contributed by atoms with Gasteiger partial charge < -0.3 is 15.2 Å². The Morgan fingerprint density at radius 1 is 1.00 bits per heavy atom. The van der Waals surface area contributed by atoms with E-state index in [1.54, 1.807) is 65.4 Å². The van der Waals surface area contributed by atoms with E-state index in [0.29, 0.717) is 39.9 Å². The molecule has 2 N–H and O–H groups in total. The van der Waals surface area contributed by atoms with E-state index >= 15 is 0 Å². The first-order valence-electron chi connectivity index (χ1n) is 13.6. The minimum Gasteiger partial charge on any atom is -0.480 e. The number of aromatic nitrogens is 1. The van der Waals surface area contributed by atoms with Gasteiger partial charge in [-0.2, -0.15) is 0 Å². The number of aliphatic carboxylic acids is 1. The maximum absolute atomic E-state index is 13.3. The SMILES string of the molecule is O=C(N[C@@H](Cc1cn(C(=O)CCC2CCCC2)c2cc(Cl)ccc12)C(=O)O)c1ccccc1Oc1ccccc1. The van der Waals surface area contributed by atoms with Crippen LogP contribution in [0, 0.1) is 5.92 Å². The van der Waals surface area contributed by atoms with E-state index in [0.717, 1.165) is 24.6 Å². The van der Waals surface area contributed by atoms with Crippen molar-refractivity contribution >= 4 is 40.3 Å². The van der Waals surface area contributed by atoms with E-state index < -0.39 is 17.9 Å².